The first-order valence-corrected chi connectivity index (χ1v) is 5.05. The van der Waals surface area contributed by atoms with Gasteiger partial charge in [-0.15, -0.1) is 0 Å². The van der Waals surface area contributed by atoms with Crippen molar-refractivity contribution >= 4 is 30.5 Å². The Balaban J connectivity index is 2.45. The molecule has 1 fully saturated rings. The summed E-state index contributed by atoms with van der Waals surface area (Å²) >= 11 is 3.93. The summed E-state index contributed by atoms with van der Waals surface area (Å²) in [5, 5.41) is 0. The van der Waals surface area contributed by atoms with Crippen molar-refractivity contribution in [1.82, 2.24) is 9.80 Å². The molecule has 4 amide bonds. The number of carbonyl (C=O) groups is 3. The number of amides is 4. The number of likely N-dealkylation sites (N-methyl/N-ethyl adjacent to an activating group) is 1. The zero-order valence-corrected chi connectivity index (χ0v) is 9.20. The van der Waals surface area contributed by atoms with Crippen molar-refractivity contribution in [3.63, 3.8) is 0 Å². The fraction of sp³-hybridized carbons (Fsp3) is 0.625. The van der Waals surface area contributed by atoms with Crippen LogP contribution < -0.4 is 0 Å². The van der Waals surface area contributed by atoms with Gasteiger partial charge in [-0.3, -0.25) is 19.4 Å². The molecule has 7 heteroatoms. The minimum atomic E-state index is -0.797. The highest BCUT2D eigenvalue weighted by molar-refractivity contribution is 7.80. The van der Waals surface area contributed by atoms with Crippen molar-refractivity contribution in [2.75, 3.05) is 32.6 Å². The summed E-state index contributed by atoms with van der Waals surface area (Å²) in [4.78, 5) is 35.3. The van der Waals surface area contributed by atoms with Gasteiger partial charge in [-0.25, -0.2) is 4.79 Å². The summed E-state index contributed by atoms with van der Waals surface area (Å²) in [5.41, 5.74) is 0. The van der Waals surface area contributed by atoms with E-state index >= 15 is 0 Å². The normalized spacial score (nSPS) is 16.8. The van der Waals surface area contributed by atoms with Crippen molar-refractivity contribution < 1.29 is 19.1 Å². The van der Waals surface area contributed by atoms with Gasteiger partial charge in [0.1, 0.15) is 0 Å². The summed E-state index contributed by atoms with van der Waals surface area (Å²) in [7, 11) is 1.27. The fourth-order valence-corrected chi connectivity index (χ4v) is 1.26. The Labute approximate surface area is 92.6 Å². The zero-order valence-electron chi connectivity index (χ0n) is 8.30. The van der Waals surface area contributed by atoms with Crippen LogP contribution in [0.25, 0.3) is 0 Å². The third-order valence-electron chi connectivity index (χ3n) is 1.95. The van der Waals surface area contributed by atoms with E-state index in [-0.39, 0.29) is 13.2 Å². The number of hydrogen-bond acceptors (Lipinski definition) is 5. The first kappa shape index (κ1) is 12.0. The van der Waals surface area contributed by atoms with E-state index in [0.29, 0.717) is 12.4 Å². The Bertz CT molecular complexity index is 294. The third-order valence-corrected chi connectivity index (χ3v) is 2.13. The van der Waals surface area contributed by atoms with E-state index in [1.165, 1.54) is 7.05 Å². The van der Waals surface area contributed by atoms with E-state index in [9.17, 15) is 14.4 Å². The van der Waals surface area contributed by atoms with Crippen LogP contribution in [0.3, 0.4) is 0 Å². The zero-order chi connectivity index (χ0) is 11.4. The molecule has 0 aromatic heterocycles. The van der Waals surface area contributed by atoms with E-state index in [4.69, 9.17) is 4.74 Å². The Hall–Kier alpha value is -1.08. The maximum absolute atomic E-state index is 11.3. The number of thiol groups is 1. The Kier molecular flexibility index (Phi) is 4.10. The van der Waals surface area contributed by atoms with Gasteiger partial charge in [-0.1, -0.05) is 0 Å². The number of hydrogen-bond donors (Lipinski definition) is 1. The minimum Gasteiger partial charge on any atom is -0.379 e. The van der Waals surface area contributed by atoms with Crippen LogP contribution in [0, 0.1) is 0 Å². The molecular formula is C8H12N2O4S. The minimum absolute atomic E-state index is 0.0987. The van der Waals surface area contributed by atoms with Gasteiger partial charge in [0.2, 0.25) is 0 Å². The number of carbonyl (C=O) groups excluding carboxylic acids is 3. The molecule has 1 rings (SSSR count). The second-order valence-corrected chi connectivity index (χ2v) is 3.39. The Morgan fingerprint density at radius 3 is 2.33 bits per heavy atom. The molecule has 1 saturated heterocycles. The molecule has 84 valence electrons. The fourth-order valence-electron chi connectivity index (χ4n) is 1.13. The standard InChI is InChI=1S/C8H12N2O4S/c1-9-6(11)7(12)10(8(9)13)2-3-14-4-5-15/h15H,2-5H2,1H3. The molecule has 0 aromatic carbocycles. The van der Waals surface area contributed by atoms with Gasteiger partial charge in [0, 0.05) is 12.8 Å². The number of imide groups is 2. The predicted octanol–water partition coefficient (Wildman–Crippen LogP) is -0.647. The van der Waals surface area contributed by atoms with Gasteiger partial charge in [0.25, 0.3) is 0 Å². The average molecular weight is 232 g/mol. The van der Waals surface area contributed by atoms with E-state index < -0.39 is 17.8 Å². The lowest BCUT2D eigenvalue weighted by Crippen LogP contribution is -2.34. The van der Waals surface area contributed by atoms with Gasteiger partial charge < -0.3 is 4.74 Å². The van der Waals surface area contributed by atoms with Crippen LogP contribution in [0.15, 0.2) is 0 Å². The van der Waals surface area contributed by atoms with Crippen LogP contribution in [0.5, 0.6) is 0 Å². The van der Waals surface area contributed by atoms with Crippen molar-refractivity contribution in [1.29, 1.82) is 0 Å². The van der Waals surface area contributed by atoms with Crippen LogP contribution in [0.4, 0.5) is 4.79 Å². The van der Waals surface area contributed by atoms with E-state index in [1.54, 1.807) is 0 Å². The molecule has 0 saturated carbocycles. The number of urea groups is 1. The average Bonchev–Trinajstić information content (AvgIpc) is 2.41. The maximum Gasteiger partial charge on any atom is 0.334 e. The molecule has 0 bridgehead atoms. The lowest BCUT2D eigenvalue weighted by atomic mass is 10.5. The highest BCUT2D eigenvalue weighted by Gasteiger charge is 2.41. The van der Waals surface area contributed by atoms with E-state index in [0.717, 1.165) is 9.80 Å². The van der Waals surface area contributed by atoms with Gasteiger partial charge >= 0.3 is 17.8 Å². The quantitative estimate of drug-likeness (QED) is 0.296. The monoisotopic (exact) mass is 232 g/mol. The van der Waals surface area contributed by atoms with E-state index in [1.807, 2.05) is 0 Å². The molecule has 0 N–H and O–H groups in total. The second-order valence-electron chi connectivity index (χ2n) is 2.94. The van der Waals surface area contributed by atoms with Crippen molar-refractivity contribution in [2.45, 2.75) is 0 Å². The molecule has 1 aliphatic rings. The van der Waals surface area contributed by atoms with Gasteiger partial charge in [0.05, 0.1) is 19.8 Å². The lowest BCUT2D eigenvalue weighted by molar-refractivity contribution is -0.143. The molecule has 0 radical (unpaired) electrons. The molecule has 0 aromatic rings. The van der Waals surface area contributed by atoms with Crippen LogP contribution in [0.1, 0.15) is 0 Å². The van der Waals surface area contributed by atoms with Gasteiger partial charge in [-0.05, 0) is 0 Å². The lowest BCUT2D eigenvalue weighted by Gasteiger charge is -2.12. The summed E-state index contributed by atoms with van der Waals surface area (Å²) in [6, 6.07) is -0.598. The highest BCUT2D eigenvalue weighted by atomic mass is 32.1. The highest BCUT2D eigenvalue weighted by Crippen LogP contribution is 2.08. The van der Waals surface area contributed by atoms with Crippen LogP contribution in [-0.4, -0.2) is 60.2 Å². The number of nitrogens with zero attached hydrogens (tertiary/aromatic N) is 2. The summed E-state index contributed by atoms with van der Waals surface area (Å²) < 4.78 is 5.06. The van der Waals surface area contributed by atoms with Crippen LogP contribution in [0.2, 0.25) is 0 Å². The number of rotatable bonds is 5. The SMILES string of the molecule is CN1C(=O)C(=O)N(CCOCCS)C1=O. The molecule has 6 nitrogen and oxygen atoms in total. The Morgan fingerprint density at radius 2 is 1.87 bits per heavy atom. The Morgan fingerprint density at radius 1 is 1.20 bits per heavy atom. The molecule has 15 heavy (non-hydrogen) atoms. The molecule has 0 spiro atoms. The van der Waals surface area contributed by atoms with Gasteiger partial charge in [-0.2, -0.15) is 12.6 Å². The third kappa shape index (κ3) is 2.48. The summed E-state index contributed by atoms with van der Waals surface area (Å²) in [6.07, 6.45) is 0. The first-order chi connectivity index (χ1) is 7.09. The number of ether oxygens (including phenoxy) is 1. The topological polar surface area (TPSA) is 66.9 Å². The molecule has 0 aliphatic carbocycles. The smallest absolute Gasteiger partial charge is 0.334 e. The van der Waals surface area contributed by atoms with Crippen molar-refractivity contribution in [3.05, 3.63) is 0 Å². The molecule has 1 heterocycles. The van der Waals surface area contributed by atoms with Crippen LogP contribution in [-0.2, 0) is 14.3 Å². The summed E-state index contributed by atoms with van der Waals surface area (Å²) in [6.45, 7) is 0.768. The molecule has 0 unspecified atom stereocenters. The summed E-state index contributed by atoms with van der Waals surface area (Å²) in [5.74, 6) is -1.02. The first-order valence-electron chi connectivity index (χ1n) is 4.41. The van der Waals surface area contributed by atoms with Gasteiger partial charge in [0.15, 0.2) is 0 Å². The molecular weight excluding hydrogens is 220 g/mol. The van der Waals surface area contributed by atoms with E-state index in [2.05, 4.69) is 12.6 Å². The predicted molar refractivity (Wildman–Crippen MR) is 54.6 cm³/mol. The molecule has 1 aliphatic heterocycles. The second kappa shape index (κ2) is 5.13. The molecule has 0 atom stereocenters. The largest absolute Gasteiger partial charge is 0.379 e. The van der Waals surface area contributed by atoms with Crippen LogP contribution >= 0.6 is 12.6 Å². The maximum atomic E-state index is 11.3. The van der Waals surface area contributed by atoms with Crippen molar-refractivity contribution in [3.8, 4) is 0 Å². The van der Waals surface area contributed by atoms with Crippen molar-refractivity contribution in [2.24, 2.45) is 0 Å².